The van der Waals surface area contributed by atoms with Crippen molar-refractivity contribution in [1.82, 2.24) is 4.90 Å². The highest BCUT2D eigenvalue weighted by Gasteiger charge is 2.25. The first-order valence-corrected chi connectivity index (χ1v) is 12.0. The topological polar surface area (TPSA) is 44.1 Å². The van der Waals surface area contributed by atoms with Crippen LogP contribution >= 0.6 is 11.3 Å². The summed E-state index contributed by atoms with van der Waals surface area (Å²) >= 11 is 1.78. The largest absolute Gasteiger partial charge is 0.488 e. The molecular formula is C26H25NO4S. The normalized spacial score (nSPS) is 18.9. The van der Waals surface area contributed by atoms with Crippen LogP contribution in [0.2, 0.25) is 0 Å². The van der Waals surface area contributed by atoms with E-state index >= 15 is 0 Å². The predicted molar refractivity (Wildman–Crippen MR) is 125 cm³/mol. The van der Waals surface area contributed by atoms with Gasteiger partial charge >= 0.3 is 0 Å². The number of hydrogen-bond acceptors (Lipinski definition) is 6. The summed E-state index contributed by atoms with van der Waals surface area (Å²) in [6.45, 7) is 4.49. The van der Waals surface area contributed by atoms with Crippen LogP contribution < -0.4 is 9.47 Å². The minimum atomic E-state index is 0.0717. The Morgan fingerprint density at radius 3 is 2.97 bits per heavy atom. The second-order valence-corrected chi connectivity index (χ2v) is 9.31. The summed E-state index contributed by atoms with van der Waals surface area (Å²) < 4.78 is 24.8. The highest BCUT2D eigenvalue weighted by atomic mass is 32.1. The second kappa shape index (κ2) is 8.62. The molecule has 164 valence electrons. The summed E-state index contributed by atoms with van der Waals surface area (Å²) in [6, 6.07) is 15.0. The van der Waals surface area contributed by atoms with Crippen molar-refractivity contribution in [2.45, 2.75) is 25.6 Å². The first kappa shape index (κ1) is 19.9. The van der Waals surface area contributed by atoms with Gasteiger partial charge in [0.2, 0.25) is 0 Å². The molecule has 6 heteroatoms. The zero-order valence-electron chi connectivity index (χ0n) is 17.8. The number of benzene rings is 2. The molecule has 32 heavy (non-hydrogen) atoms. The minimum Gasteiger partial charge on any atom is -0.488 e. The fourth-order valence-corrected chi connectivity index (χ4v) is 5.51. The third-order valence-corrected chi connectivity index (χ3v) is 7.10. The molecule has 4 heterocycles. The van der Waals surface area contributed by atoms with Gasteiger partial charge in [-0.3, -0.25) is 4.90 Å². The Morgan fingerprint density at radius 2 is 2.09 bits per heavy atom. The van der Waals surface area contributed by atoms with E-state index in [-0.39, 0.29) is 6.10 Å². The molecule has 0 N–H and O–H groups in total. The lowest BCUT2D eigenvalue weighted by Gasteiger charge is -2.20. The highest BCUT2D eigenvalue weighted by Crippen LogP contribution is 2.42. The van der Waals surface area contributed by atoms with Crippen molar-refractivity contribution in [3.8, 4) is 22.6 Å². The highest BCUT2D eigenvalue weighted by molar-refractivity contribution is 7.17. The Balaban J connectivity index is 1.41. The fraction of sp³-hybridized carbons (Fsp3) is 0.308. The van der Waals surface area contributed by atoms with Gasteiger partial charge in [0.25, 0.3) is 0 Å². The maximum absolute atomic E-state index is 6.44. The van der Waals surface area contributed by atoms with E-state index in [4.69, 9.17) is 18.6 Å². The molecule has 2 aromatic heterocycles. The lowest BCUT2D eigenvalue weighted by molar-refractivity contribution is 0.137. The summed E-state index contributed by atoms with van der Waals surface area (Å²) in [7, 11) is 0. The number of rotatable bonds is 5. The molecule has 0 aliphatic carbocycles. The van der Waals surface area contributed by atoms with E-state index < -0.39 is 0 Å². The standard InChI is InChI=1S/C26H25NO4S/c1-2-4-25-22(3-1)23(17-32-25)19-11-20-14-27(13-18-5-8-28-15-18)7-10-30-26(20)24(12-19)31-21-6-9-29-16-21/h1-5,8,11-12,15,17,21H,6-7,9-10,13-14,16H2/t21-/m0/s1. The van der Waals surface area contributed by atoms with Crippen LogP contribution in [0.3, 0.4) is 0 Å². The lowest BCUT2D eigenvalue weighted by Crippen LogP contribution is -2.25. The van der Waals surface area contributed by atoms with Crippen molar-refractivity contribution in [2.75, 3.05) is 26.4 Å². The number of fused-ring (bicyclic) bond motifs is 2. The van der Waals surface area contributed by atoms with Gasteiger partial charge in [-0.25, -0.2) is 0 Å². The molecule has 6 rings (SSSR count). The number of nitrogens with zero attached hydrogens (tertiary/aromatic N) is 1. The van der Waals surface area contributed by atoms with Crippen molar-refractivity contribution in [3.63, 3.8) is 0 Å². The number of ether oxygens (including phenoxy) is 3. The van der Waals surface area contributed by atoms with Crippen molar-refractivity contribution in [2.24, 2.45) is 0 Å². The molecule has 2 aliphatic rings. The van der Waals surface area contributed by atoms with Gasteiger partial charge in [0.1, 0.15) is 12.7 Å². The molecule has 0 bridgehead atoms. The molecule has 2 aromatic carbocycles. The maximum atomic E-state index is 6.44. The molecule has 0 saturated carbocycles. The van der Waals surface area contributed by atoms with Crippen LogP contribution in [-0.4, -0.2) is 37.4 Å². The Kier molecular flexibility index (Phi) is 5.35. The van der Waals surface area contributed by atoms with Crippen molar-refractivity contribution in [1.29, 1.82) is 0 Å². The summed E-state index contributed by atoms with van der Waals surface area (Å²) in [5, 5.41) is 3.52. The smallest absolute Gasteiger partial charge is 0.165 e. The van der Waals surface area contributed by atoms with E-state index in [0.717, 1.165) is 49.7 Å². The maximum Gasteiger partial charge on any atom is 0.165 e. The van der Waals surface area contributed by atoms with Crippen LogP contribution in [-0.2, 0) is 17.8 Å². The third-order valence-electron chi connectivity index (χ3n) is 6.14. The summed E-state index contributed by atoms with van der Waals surface area (Å²) in [4.78, 5) is 2.40. The number of thiophene rings is 1. The predicted octanol–water partition coefficient (Wildman–Crippen LogP) is 5.72. The van der Waals surface area contributed by atoms with E-state index in [9.17, 15) is 0 Å². The van der Waals surface area contributed by atoms with E-state index in [1.165, 1.54) is 26.8 Å². The van der Waals surface area contributed by atoms with E-state index in [2.05, 4.69) is 46.7 Å². The van der Waals surface area contributed by atoms with Crippen LogP contribution in [0, 0.1) is 0 Å². The second-order valence-electron chi connectivity index (χ2n) is 8.40. The number of hydrogen-bond donors (Lipinski definition) is 0. The average Bonchev–Trinajstić information content (AvgIpc) is 3.55. The average molecular weight is 448 g/mol. The lowest BCUT2D eigenvalue weighted by atomic mass is 10.0. The molecule has 0 spiro atoms. The van der Waals surface area contributed by atoms with Crippen LogP contribution in [0.1, 0.15) is 17.5 Å². The van der Waals surface area contributed by atoms with Crippen molar-refractivity contribution >= 4 is 21.4 Å². The number of furan rings is 1. The molecule has 1 fully saturated rings. The SMILES string of the molecule is c1ccc2c(-c3cc4c(c(O[C@H]5CCOC5)c3)OCCN(Cc3ccoc3)C4)csc2c1. The van der Waals surface area contributed by atoms with Gasteiger partial charge in [-0.05, 0) is 35.2 Å². The molecule has 1 atom stereocenters. The molecule has 0 unspecified atom stereocenters. The monoisotopic (exact) mass is 447 g/mol. The minimum absolute atomic E-state index is 0.0717. The van der Waals surface area contributed by atoms with Crippen LogP contribution in [0.25, 0.3) is 21.2 Å². The van der Waals surface area contributed by atoms with Crippen LogP contribution in [0.4, 0.5) is 0 Å². The summed E-state index contributed by atoms with van der Waals surface area (Å²) in [5.41, 5.74) is 4.75. The van der Waals surface area contributed by atoms with Crippen molar-refractivity contribution < 1.29 is 18.6 Å². The molecular weight excluding hydrogens is 422 g/mol. The van der Waals surface area contributed by atoms with Gasteiger partial charge in [-0.1, -0.05) is 18.2 Å². The van der Waals surface area contributed by atoms with Gasteiger partial charge in [-0.2, -0.15) is 0 Å². The summed E-state index contributed by atoms with van der Waals surface area (Å²) in [6.07, 6.45) is 4.53. The third kappa shape index (κ3) is 3.90. The van der Waals surface area contributed by atoms with Gasteiger partial charge < -0.3 is 18.6 Å². The van der Waals surface area contributed by atoms with E-state index in [1.807, 2.05) is 12.3 Å². The van der Waals surface area contributed by atoms with Crippen molar-refractivity contribution in [3.05, 3.63) is 71.5 Å². The molecule has 2 aliphatic heterocycles. The Bertz CT molecular complexity index is 1210. The van der Waals surface area contributed by atoms with Crippen LogP contribution in [0.15, 0.2) is 64.8 Å². The Hall–Kier alpha value is -2.80. The quantitative estimate of drug-likeness (QED) is 0.391. The fourth-order valence-electron chi connectivity index (χ4n) is 4.54. The van der Waals surface area contributed by atoms with Gasteiger partial charge in [0.15, 0.2) is 11.5 Å². The first-order valence-electron chi connectivity index (χ1n) is 11.1. The van der Waals surface area contributed by atoms with Gasteiger partial charge in [0, 0.05) is 52.8 Å². The zero-order chi connectivity index (χ0) is 21.3. The molecule has 0 amide bonds. The summed E-state index contributed by atoms with van der Waals surface area (Å²) in [5.74, 6) is 1.70. The first-order chi connectivity index (χ1) is 15.8. The molecule has 5 nitrogen and oxygen atoms in total. The van der Waals surface area contributed by atoms with E-state index in [0.29, 0.717) is 13.2 Å². The Labute approximate surface area is 191 Å². The van der Waals surface area contributed by atoms with Crippen LogP contribution in [0.5, 0.6) is 11.5 Å². The van der Waals surface area contributed by atoms with E-state index in [1.54, 1.807) is 17.6 Å². The van der Waals surface area contributed by atoms with Gasteiger partial charge in [-0.15, -0.1) is 11.3 Å². The molecule has 4 aromatic rings. The van der Waals surface area contributed by atoms with Gasteiger partial charge in [0.05, 0.1) is 25.7 Å². The Morgan fingerprint density at radius 1 is 1.12 bits per heavy atom. The molecule has 1 saturated heterocycles. The zero-order valence-corrected chi connectivity index (χ0v) is 18.6. The molecule has 0 radical (unpaired) electrons.